The van der Waals surface area contributed by atoms with Crippen LogP contribution in [0.15, 0.2) is 24.3 Å². The number of hydrogen-bond acceptors (Lipinski definition) is 3. The third-order valence-corrected chi connectivity index (χ3v) is 4.52. The molecule has 21 heavy (non-hydrogen) atoms. The number of aliphatic carboxylic acids is 1. The van der Waals surface area contributed by atoms with Gasteiger partial charge in [0.1, 0.15) is 6.04 Å². The van der Waals surface area contributed by atoms with Gasteiger partial charge in [-0.1, -0.05) is 32.0 Å². The van der Waals surface area contributed by atoms with Crippen LogP contribution in [0.25, 0.3) is 0 Å². The zero-order valence-electron chi connectivity index (χ0n) is 12.2. The van der Waals surface area contributed by atoms with E-state index < -0.39 is 12.0 Å². The Bertz CT molecular complexity index is 533. The lowest BCUT2D eigenvalue weighted by Gasteiger charge is -2.32. The van der Waals surface area contributed by atoms with Crippen molar-refractivity contribution in [2.75, 3.05) is 23.4 Å². The molecular formula is C15H20N2O3S. The minimum atomic E-state index is -0.950. The SMILES string of the molecule is CC(C)c1ccccc1NC(=O)N1CCSCC1C(=O)O. The molecule has 2 amide bonds. The summed E-state index contributed by atoms with van der Waals surface area (Å²) in [5, 5.41) is 12.1. The van der Waals surface area contributed by atoms with Crippen LogP contribution < -0.4 is 5.32 Å². The highest BCUT2D eigenvalue weighted by Crippen LogP contribution is 2.25. The van der Waals surface area contributed by atoms with Crippen LogP contribution in [0.4, 0.5) is 10.5 Å². The fraction of sp³-hybridized carbons (Fsp3) is 0.467. The molecule has 1 heterocycles. The Kier molecular flexibility index (Phi) is 5.12. The van der Waals surface area contributed by atoms with Gasteiger partial charge in [0.2, 0.25) is 0 Å². The van der Waals surface area contributed by atoms with E-state index in [0.717, 1.165) is 17.0 Å². The number of rotatable bonds is 3. The molecule has 0 aliphatic carbocycles. The number of urea groups is 1. The first-order valence-corrected chi connectivity index (χ1v) is 8.13. The first-order chi connectivity index (χ1) is 10.0. The second kappa shape index (κ2) is 6.85. The van der Waals surface area contributed by atoms with Crippen molar-refractivity contribution in [2.45, 2.75) is 25.8 Å². The van der Waals surface area contributed by atoms with Crippen molar-refractivity contribution < 1.29 is 14.7 Å². The highest BCUT2D eigenvalue weighted by atomic mass is 32.2. The molecule has 114 valence electrons. The molecule has 6 heteroatoms. The van der Waals surface area contributed by atoms with E-state index in [1.54, 1.807) is 11.8 Å². The highest BCUT2D eigenvalue weighted by molar-refractivity contribution is 7.99. The molecule has 1 aromatic carbocycles. The third kappa shape index (κ3) is 3.69. The van der Waals surface area contributed by atoms with Gasteiger partial charge in [-0.2, -0.15) is 11.8 Å². The lowest BCUT2D eigenvalue weighted by molar-refractivity contribution is -0.141. The van der Waals surface area contributed by atoms with Gasteiger partial charge in [-0.25, -0.2) is 9.59 Å². The predicted octanol–water partition coefficient (Wildman–Crippen LogP) is 2.84. The number of carbonyl (C=O) groups excluding carboxylic acids is 1. The molecule has 2 N–H and O–H groups in total. The molecule has 0 saturated carbocycles. The summed E-state index contributed by atoms with van der Waals surface area (Å²) in [7, 11) is 0. The van der Waals surface area contributed by atoms with Crippen LogP contribution in [0, 0.1) is 0 Å². The van der Waals surface area contributed by atoms with E-state index in [1.165, 1.54) is 4.90 Å². The topological polar surface area (TPSA) is 69.6 Å². The lowest BCUT2D eigenvalue weighted by Crippen LogP contribution is -2.51. The van der Waals surface area contributed by atoms with Crippen molar-refractivity contribution in [1.29, 1.82) is 0 Å². The molecular weight excluding hydrogens is 288 g/mol. The predicted molar refractivity (Wildman–Crippen MR) is 85.0 cm³/mol. The summed E-state index contributed by atoms with van der Waals surface area (Å²) in [6.45, 7) is 4.57. The van der Waals surface area contributed by atoms with Gasteiger partial charge >= 0.3 is 12.0 Å². The number of benzene rings is 1. The number of thioether (sulfide) groups is 1. The Hall–Kier alpha value is -1.69. The van der Waals surface area contributed by atoms with Gasteiger partial charge in [-0.3, -0.25) is 0 Å². The molecule has 1 unspecified atom stereocenters. The van der Waals surface area contributed by atoms with Crippen molar-refractivity contribution in [1.82, 2.24) is 4.90 Å². The Labute approximate surface area is 128 Å². The molecule has 5 nitrogen and oxygen atoms in total. The van der Waals surface area contributed by atoms with Crippen molar-refractivity contribution in [2.24, 2.45) is 0 Å². The van der Waals surface area contributed by atoms with E-state index in [-0.39, 0.29) is 11.9 Å². The summed E-state index contributed by atoms with van der Waals surface area (Å²) >= 11 is 1.56. The highest BCUT2D eigenvalue weighted by Gasteiger charge is 2.32. The van der Waals surface area contributed by atoms with Gasteiger partial charge in [-0.15, -0.1) is 0 Å². The minimum absolute atomic E-state index is 0.286. The molecule has 0 bridgehead atoms. The molecule has 1 fully saturated rings. The van der Waals surface area contributed by atoms with Crippen LogP contribution in [0.2, 0.25) is 0 Å². The number of amides is 2. The van der Waals surface area contributed by atoms with E-state index in [0.29, 0.717) is 12.3 Å². The molecule has 1 atom stereocenters. The summed E-state index contributed by atoms with van der Waals surface area (Å²) in [6.07, 6.45) is 0. The normalized spacial score (nSPS) is 18.6. The van der Waals surface area contributed by atoms with Crippen LogP contribution in [0.1, 0.15) is 25.3 Å². The Morgan fingerprint density at radius 2 is 2.10 bits per heavy atom. The van der Waals surface area contributed by atoms with Crippen LogP contribution >= 0.6 is 11.8 Å². The molecule has 0 spiro atoms. The Balaban J connectivity index is 2.15. The fourth-order valence-corrected chi connectivity index (χ4v) is 3.39. The summed E-state index contributed by atoms with van der Waals surface area (Å²) in [5.41, 5.74) is 1.80. The number of nitrogens with zero attached hydrogens (tertiary/aromatic N) is 1. The molecule has 1 aromatic rings. The number of anilines is 1. The number of hydrogen-bond donors (Lipinski definition) is 2. The monoisotopic (exact) mass is 308 g/mol. The number of nitrogens with one attached hydrogen (secondary N) is 1. The van der Waals surface area contributed by atoms with Crippen LogP contribution in [0.5, 0.6) is 0 Å². The second-order valence-electron chi connectivity index (χ2n) is 5.29. The van der Waals surface area contributed by atoms with Gasteiger partial charge < -0.3 is 15.3 Å². The number of para-hydroxylation sites is 1. The van der Waals surface area contributed by atoms with Crippen LogP contribution in [0.3, 0.4) is 0 Å². The van der Waals surface area contributed by atoms with Gasteiger partial charge in [0.15, 0.2) is 0 Å². The number of carbonyl (C=O) groups is 2. The van der Waals surface area contributed by atoms with Crippen LogP contribution in [-0.2, 0) is 4.79 Å². The van der Waals surface area contributed by atoms with Crippen molar-refractivity contribution in [3.05, 3.63) is 29.8 Å². The first-order valence-electron chi connectivity index (χ1n) is 6.97. The average molecular weight is 308 g/mol. The average Bonchev–Trinajstić information content (AvgIpc) is 2.47. The van der Waals surface area contributed by atoms with E-state index in [9.17, 15) is 14.7 Å². The van der Waals surface area contributed by atoms with Crippen molar-refractivity contribution in [3.8, 4) is 0 Å². The summed E-state index contributed by atoms with van der Waals surface area (Å²) in [4.78, 5) is 25.1. The smallest absolute Gasteiger partial charge is 0.327 e. The van der Waals surface area contributed by atoms with Gasteiger partial charge in [0, 0.05) is 23.7 Å². The summed E-state index contributed by atoms with van der Waals surface area (Å²) in [6, 6.07) is 6.53. The zero-order chi connectivity index (χ0) is 15.4. The fourth-order valence-electron chi connectivity index (χ4n) is 2.35. The van der Waals surface area contributed by atoms with Gasteiger partial charge in [0.25, 0.3) is 0 Å². The lowest BCUT2D eigenvalue weighted by atomic mass is 10.0. The first kappa shape index (κ1) is 15.7. The zero-order valence-corrected chi connectivity index (χ0v) is 13.0. The largest absolute Gasteiger partial charge is 0.480 e. The van der Waals surface area contributed by atoms with E-state index >= 15 is 0 Å². The molecule has 0 radical (unpaired) electrons. The van der Waals surface area contributed by atoms with Crippen molar-refractivity contribution in [3.63, 3.8) is 0 Å². The van der Waals surface area contributed by atoms with E-state index in [4.69, 9.17) is 0 Å². The summed E-state index contributed by atoms with van der Waals surface area (Å²) in [5.74, 6) is 0.542. The molecule has 1 aliphatic rings. The maximum Gasteiger partial charge on any atom is 0.327 e. The van der Waals surface area contributed by atoms with Gasteiger partial charge in [-0.05, 0) is 17.5 Å². The summed E-state index contributed by atoms with van der Waals surface area (Å²) < 4.78 is 0. The van der Waals surface area contributed by atoms with Gasteiger partial charge in [0.05, 0.1) is 0 Å². The number of carboxylic acids is 1. The third-order valence-electron chi connectivity index (χ3n) is 3.50. The quantitative estimate of drug-likeness (QED) is 0.901. The standard InChI is InChI=1S/C15H20N2O3S/c1-10(2)11-5-3-4-6-12(11)16-15(20)17-7-8-21-9-13(17)14(18)19/h3-6,10,13H,7-9H2,1-2H3,(H,16,20)(H,18,19). The molecule has 2 rings (SSSR count). The second-order valence-corrected chi connectivity index (χ2v) is 6.44. The van der Waals surface area contributed by atoms with E-state index in [2.05, 4.69) is 19.2 Å². The Morgan fingerprint density at radius 1 is 1.38 bits per heavy atom. The number of carboxylic acid groups (broad SMARTS) is 1. The van der Waals surface area contributed by atoms with E-state index in [1.807, 2.05) is 24.3 Å². The van der Waals surface area contributed by atoms with Crippen LogP contribution in [-0.4, -0.2) is 46.1 Å². The maximum atomic E-state index is 12.4. The minimum Gasteiger partial charge on any atom is -0.480 e. The molecule has 1 aliphatic heterocycles. The molecule has 0 aromatic heterocycles. The molecule has 1 saturated heterocycles. The van der Waals surface area contributed by atoms with Crippen molar-refractivity contribution >= 4 is 29.4 Å². The Morgan fingerprint density at radius 3 is 2.76 bits per heavy atom. The maximum absolute atomic E-state index is 12.4.